The molecule has 3 saturated carbocycles. The van der Waals surface area contributed by atoms with E-state index >= 15 is 0 Å². The number of hydrogen-bond donors (Lipinski definition) is 2. The molecule has 6 heteroatoms. The summed E-state index contributed by atoms with van der Waals surface area (Å²) < 4.78 is 4.89. The number of hydrogen-bond acceptors (Lipinski definition) is 6. The van der Waals surface area contributed by atoms with E-state index < -0.39 is 35.5 Å². The summed E-state index contributed by atoms with van der Waals surface area (Å²) in [5.41, 5.74) is -1.36. The van der Waals surface area contributed by atoms with E-state index in [1.807, 2.05) is 6.92 Å². The SMILES string of the molecule is CC(=O)OCC(=O)[C@]1(O)CC[C@@H]2[C@H]3CCC4=CC(=O)CC[C@@]4(C)[C@@H]3[C@H](O)C[C@]21C. The third-order valence-electron chi connectivity index (χ3n) is 8.92. The number of aliphatic hydroxyl groups excluding tert-OH is 1. The normalized spacial score (nSPS) is 46.2. The van der Waals surface area contributed by atoms with Crippen molar-refractivity contribution in [3.05, 3.63) is 11.6 Å². The summed E-state index contributed by atoms with van der Waals surface area (Å²) in [6.07, 6.45) is 5.54. The highest BCUT2D eigenvalue weighted by atomic mass is 16.5. The van der Waals surface area contributed by atoms with Gasteiger partial charge in [0.05, 0.1) is 6.10 Å². The number of fused-ring (bicyclic) bond motifs is 5. The van der Waals surface area contributed by atoms with Crippen LogP contribution >= 0.6 is 0 Å². The van der Waals surface area contributed by atoms with Crippen LogP contribution in [0.25, 0.3) is 0 Å². The fourth-order valence-corrected chi connectivity index (χ4v) is 7.44. The van der Waals surface area contributed by atoms with E-state index in [9.17, 15) is 24.6 Å². The molecule has 0 aromatic rings. The van der Waals surface area contributed by atoms with Gasteiger partial charge in [0.2, 0.25) is 5.78 Å². The van der Waals surface area contributed by atoms with Crippen LogP contribution in [-0.2, 0) is 19.1 Å². The van der Waals surface area contributed by atoms with Gasteiger partial charge in [-0.05, 0) is 67.8 Å². The van der Waals surface area contributed by atoms with Crippen LogP contribution in [0, 0.1) is 28.6 Å². The molecule has 6 nitrogen and oxygen atoms in total. The molecule has 0 bridgehead atoms. The van der Waals surface area contributed by atoms with Crippen molar-refractivity contribution in [2.45, 2.75) is 77.4 Å². The number of allylic oxidation sites excluding steroid dienone is 1. The Labute approximate surface area is 171 Å². The van der Waals surface area contributed by atoms with Crippen LogP contribution in [0.3, 0.4) is 0 Å². The van der Waals surface area contributed by atoms with Crippen molar-refractivity contribution in [2.75, 3.05) is 6.61 Å². The quantitative estimate of drug-likeness (QED) is 0.701. The Hall–Kier alpha value is -1.53. The second kappa shape index (κ2) is 6.74. The first-order valence-electron chi connectivity index (χ1n) is 10.8. The zero-order chi connectivity index (χ0) is 21.2. The maximum absolute atomic E-state index is 12.9. The molecule has 0 amide bonds. The Balaban J connectivity index is 1.65. The summed E-state index contributed by atoms with van der Waals surface area (Å²) in [6.45, 7) is 4.92. The third-order valence-corrected chi connectivity index (χ3v) is 8.92. The van der Waals surface area contributed by atoms with E-state index in [2.05, 4.69) is 6.92 Å². The summed E-state index contributed by atoms with van der Waals surface area (Å²) >= 11 is 0. The van der Waals surface area contributed by atoms with E-state index in [4.69, 9.17) is 4.74 Å². The molecule has 7 atom stereocenters. The topological polar surface area (TPSA) is 101 Å². The molecule has 4 aliphatic rings. The van der Waals surface area contributed by atoms with Gasteiger partial charge in [0.1, 0.15) is 5.60 Å². The molecule has 0 heterocycles. The van der Waals surface area contributed by atoms with Gasteiger partial charge >= 0.3 is 5.97 Å². The zero-order valence-electron chi connectivity index (χ0n) is 17.6. The van der Waals surface area contributed by atoms with Crippen molar-refractivity contribution in [1.29, 1.82) is 0 Å². The highest BCUT2D eigenvalue weighted by Crippen LogP contribution is 2.67. The molecule has 3 fully saturated rings. The number of carbonyl (C=O) groups excluding carboxylic acids is 3. The van der Waals surface area contributed by atoms with Crippen molar-refractivity contribution in [3.63, 3.8) is 0 Å². The van der Waals surface area contributed by atoms with Gasteiger partial charge in [-0.3, -0.25) is 14.4 Å². The van der Waals surface area contributed by atoms with Crippen molar-refractivity contribution in [1.82, 2.24) is 0 Å². The van der Waals surface area contributed by atoms with E-state index in [0.717, 1.165) is 31.3 Å². The van der Waals surface area contributed by atoms with Crippen LogP contribution in [0.5, 0.6) is 0 Å². The molecule has 2 N–H and O–H groups in total. The zero-order valence-corrected chi connectivity index (χ0v) is 17.6. The number of carbonyl (C=O) groups is 3. The number of Topliss-reactive ketones (excluding diaryl/α,β-unsaturated/α-hetero) is 1. The first-order chi connectivity index (χ1) is 13.5. The van der Waals surface area contributed by atoms with Gasteiger partial charge in [-0.1, -0.05) is 19.4 Å². The van der Waals surface area contributed by atoms with E-state index in [-0.39, 0.29) is 29.0 Å². The molecular formula is C23H32O6. The molecule has 29 heavy (non-hydrogen) atoms. The minimum absolute atomic E-state index is 0.0413. The molecule has 0 aromatic carbocycles. The van der Waals surface area contributed by atoms with Crippen molar-refractivity contribution >= 4 is 17.5 Å². The van der Waals surface area contributed by atoms with Crippen LogP contribution in [0.2, 0.25) is 0 Å². The number of ketones is 2. The van der Waals surface area contributed by atoms with E-state index in [1.165, 1.54) is 6.92 Å². The number of ether oxygens (including phenoxy) is 1. The van der Waals surface area contributed by atoms with Crippen LogP contribution in [-0.4, -0.2) is 46.1 Å². The molecule has 160 valence electrons. The first kappa shape index (κ1) is 20.7. The van der Waals surface area contributed by atoms with Gasteiger partial charge in [-0.15, -0.1) is 0 Å². The Morgan fingerprint density at radius 3 is 2.62 bits per heavy atom. The second-order valence-electron chi connectivity index (χ2n) is 10.2. The maximum atomic E-state index is 12.9. The van der Waals surface area contributed by atoms with E-state index in [1.54, 1.807) is 6.08 Å². The average Bonchev–Trinajstić information content (AvgIpc) is 2.91. The minimum Gasteiger partial charge on any atom is -0.458 e. The summed E-state index contributed by atoms with van der Waals surface area (Å²) in [5, 5.41) is 22.8. The van der Waals surface area contributed by atoms with Gasteiger partial charge in [0, 0.05) is 18.8 Å². The number of rotatable bonds is 3. The molecule has 4 aliphatic carbocycles. The predicted octanol–water partition coefficient (Wildman–Crippen LogP) is 2.35. The predicted molar refractivity (Wildman–Crippen MR) is 105 cm³/mol. The summed E-state index contributed by atoms with van der Waals surface area (Å²) in [6, 6.07) is 0. The Kier molecular flexibility index (Phi) is 4.82. The molecule has 0 aliphatic heterocycles. The number of esters is 1. The Morgan fingerprint density at radius 1 is 1.21 bits per heavy atom. The highest BCUT2D eigenvalue weighted by Gasteiger charge is 2.68. The van der Waals surface area contributed by atoms with Crippen molar-refractivity contribution in [3.8, 4) is 0 Å². The molecule has 0 aromatic heterocycles. The van der Waals surface area contributed by atoms with Crippen LogP contribution in [0.15, 0.2) is 11.6 Å². The Bertz CT molecular complexity index is 786. The lowest BCUT2D eigenvalue weighted by atomic mass is 9.45. The molecule has 4 rings (SSSR count). The highest BCUT2D eigenvalue weighted by molar-refractivity contribution is 5.92. The van der Waals surface area contributed by atoms with Gasteiger partial charge in [-0.2, -0.15) is 0 Å². The van der Waals surface area contributed by atoms with Gasteiger partial charge in [0.15, 0.2) is 12.4 Å². The average molecular weight is 405 g/mol. The lowest BCUT2D eigenvalue weighted by Crippen LogP contribution is -2.62. The number of aliphatic hydroxyl groups is 2. The van der Waals surface area contributed by atoms with Gasteiger partial charge in [0.25, 0.3) is 0 Å². The third kappa shape index (κ3) is 2.86. The standard InChI is InChI=1S/C23H32O6/c1-13(24)29-12-19(27)23(28)9-7-17-16-5-4-14-10-15(25)6-8-21(14,2)20(16)18(26)11-22(17,23)3/h10,16-18,20,26,28H,4-9,11-12H2,1-3H3/t16-,17-,18-,20+,21-,22-,23-/m1/s1. The summed E-state index contributed by atoms with van der Waals surface area (Å²) in [5.74, 6) is -0.462. The van der Waals surface area contributed by atoms with Crippen LogP contribution < -0.4 is 0 Å². The first-order valence-corrected chi connectivity index (χ1v) is 10.8. The van der Waals surface area contributed by atoms with Gasteiger partial charge < -0.3 is 14.9 Å². The lowest BCUT2D eigenvalue weighted by molar-refractivity contribution is -0.184. The molecule has 0 radical (unpaired) electrons. The molecule has 0 unspecified atom stereocenters. The smallest absolute Gasteiger partial charge is 0.303 e. The fourth-order valence-electron chi connectivity index (χ4n) is 7.44. The second-order valence-corrected chi connectivity index (χ2v) is 10.2. The summed E-state index contributed by atoms with van der Waals surface area (Å²) in [7, 11) is 0. The molecule has 0 saturated heterocycles. The largest absolute Gasteiger partial charge is 0.458 e. The van der Waals surface area contributed by atoms with Crippen molar-refractivity contribution < 1.29 is 29.3 Å². The minimum atomic E-state index is -1.58. The fraction of sp³-hybridized carbons (Fsp3) is 0.783. The molecule has 0 spiro atoms. The van der Waals surface area contributed by atoms with E-state index in [0.29, 0.717) is 19.3 Å². The summed E-state index contributed by atoms with van der Waals surface area (Å²) in [4.78, 5) is 36.0. The van der Waals surface area contributed by atoms with Gasteiger partial charge in [-0.25, -0.2) is 0 Å². The lowest BCUT2D eigenvalue weighted by Gasteiger charge is -2.60. The van der Waals surface area contributed by atoms with Crippen LogP contribution in [0.4, 0.5) is 0 Å². The Morgan fingerprint density at radius 2 is 1.93 bits per heavy atom. The van der Waals surface area contributed by atoms with Crippen molar-refractivity contribution in [2.24, 2.45) is 28.6 Å². The van der Waals surface area contributed by atoms with Crippen LogP contribution in [0.1, 0.15) is 65.7 Å². The monoisotopic (exact) mass is 404 g/mol. The molecular weight excluding hydrogens is 372 g/mol. The maximum Gasteiger partial charge on any atom is 0.303 e.